The van der Waals surface area contributed by atoms with E-state index >= 15 is 0 Å². The van der Waals surface area contributed by atoms with Crippen LogP contribution in [0.2, 0.25) is 0 Å². The molecule has 1 aromatic heterocycles. The first kappa shape index (κ1) is 23.6. The fraction of sp³-hybridized carbons (Fsp3) is 0.435. The number of aryl methyl sites for hydroxylation is 1. The highest BCUT2D eigenvalue weighted by Crippen LogP contribution is 2.30. The van der Waals surface area contributed by atoms with Crippen molar-refractivity contribution in [3.05, 3.63) is 40.8 Å². The van der Waals surface area contributed by atoms with Gasteiger partial charge in [-0.05, 0) is 44.9 Å². The monoisotopic (exact) mass is 460 g/mol. The molecule has 9 heteroatoms. The number of anilines is 1. The molecule has 0 aliphatic heterocycles. The summed E-state index contributed by atoms with van der Waals surface area (Å²) in [7, 11) is 1.54. The minimum atomic E-state index is -0.463. The van der Waals surface area contributed by atoms with Crippen LogP contribution in [-0.2, 0) is 14.3 Å². The number of nitrogens with zero attached hydrogens (tertiary/aromatic N) is 1. The second kappa shape index (κ2) is 11.0. The molecule has 1 saturated carbocycles. The third-order valence-electron chi connectivity index (χ3n) is 4.91. The van der Waals surface area contributed by atoms with Crippen molar-refractivity contribution in [2.24, 2.45) is 0 Å². The Morgan fingerprint density at radius 3 is 2.56 bits per heavy atom. The maximum absolute atomic E-state index is 12.8. The van der Waals surface area contributed by atoms with E-state index < -0.39 is 5.97 Å². The fourth-order valence-electron chi connectivity index (χ4n) is 3.24. The molecule has 32 heavy (non-hydrogen) atoms. The van der Waals surface area contributed by atoms with Crippen LogP contribution in [0.3, 0.4) is 0 Å². The lowest BCUT2D eigenvalue weighted by atomic mass is 10.3. The molecular formula is C23H28N2O6S. The van der Waals surface area contributed by atoms with E-state index in [0.717, 1.165) is 17.7 Å². The van der Waals surface area contributed by atoms with Crippen LogP contribution >= 0.6 is 11.3 Å². The number of benzene rings is 1. The quantitative estimate of drug-likeness (QED) is 0.515. The Hall–Kier alpha value is -3.07. The summed E-state index contributed by atoms with van der Waals surface area (Å²) in [6, 6.07) is 8.97. The first-order valence-corrected chi connectivity index (χ1v) is 11.4. The predicted molar refractivity (Wildman–Crippen MR) is 121 cm³/mol. The summed E-state index contributed by atoms with van der Waals surface area (Å²) in [4.78, 5) is 40.0. The largest absolute Gasteiger partial charge is 0.493 e. The molecule has 0 spiro atoms. The van der Waals surface area contributed by atoms with E-state index in [1.54, 1.807) is 37.1 Å². The van der Waals surface area contributed by atoms with Crippen LogP contribution in [0.15, 0.2) is 30.3 Å². The molecule has 1 fully saturated rings. The highest BCUT2D eigenvalue weighted by molar-refractivity contribution is 7.16. The summed E-state index contributed by atoms with van der Waals surface area (Å²) in [5, 5.41) is 3.26. The maximum Gasteiger partial charge on any atom is 0.341 e. The van der Waals surface area contributed by atoms with Crippen LogP contribution in [0.1, 0.15) is 41.4 Å². The Kier molecular flexibility index (Phi) is 8.10. The molecule has 3 rings (SSSR count). The zero-order valence-electron chi connectivity index (χ0n) is 18.5. The van der Waals surface area contributed by atoms with Gasteiger partial charge in [0.1, 0.15) is 5.00 Å². The van der Waals surface area contributed by atoms with E-state index in [1.807, 2.05) is 19.1 Å². The smallest absolute Gasteiger partial charge is 0.341 e. The lowest BCUT2D eigenvalue weighted by Gasteiger charge is -2.22. The van der Waals surface area contributed by atoms with Crippen molar-refractivity contribution >= 4 is 34.1 Å². The van der Waals surface area contributed by atoms with E-state index in [1.165, 1.54) is 11.3 Å². The zero-order valence-corrected chi connectivity index (χ0v) is 19.3. The van der Waals surface area contributed by atoms with Crippen molar-refractivity contribution in [3.8, 4) is 11.5 Å². The molecule has 1 aliphatic carbocycles. The SMILES string of the molecule is CCOC(=O)c1cc(C)sc1NC(=O)CCN(C(=O)COc1ccccc1OC)C1CC1. The van der Waals surface area contributed by atoms with Crippen molar-refractivity contribution in [1.29, 1.82) is 0 Å². The van der Waals surface area contributed by atoms with Crippen LogP contribution in [0.4, 0.5) is 5.00 Å². The van der Waals surface area contributed by atoms with Crippen molar-refractivity contribution in [2.45, 2.75) is 39.2 Å². The van der Waals surface area contributed by atoms with Crippen LogP contribution in [0, 0.1) is 6.92 Å². The molecule has 8 nitrogen and oxygen atoms in total. The minimum absolute atomic E-state index is 0.121. The average molecular weight is 461 g/mol. The molecule has 1 aliphatic rings. The number of ether oxygens (including phenoxy) is 3. The van der Waals surface area contributed by atoms with Crippen LogP contribution in [0.5, 0.6) is 11.5 Å². The number of hydrogen-bond donors (Lipinski definition) is 1. The van der Waals surface area contributed by atoms with Crippen LogP contribution < -0.4 is 14.8 Å². The highest BCUT2D eigenvalue weighted by Gasteiger charge is 2.33. The summed E-state index contributed by atoms with van der Waals surface area (Å²) in [5.74, 6) is 0.153. The minimum Gasteiger partial charge on any atom is -0.493 e. The number of methoxy groups -OCH3 is 1. The summed E-state index contributed by atoms with van der Waals surface area (Å²) in [6.45, 7) is 4.00. The number of amides is 2. The number of carbonyl (C=O) groups excluding carboxylic acids is 3. The molecule has 0 saturated heterocycles. The van der Waals surface area contributed by atoms with Gasteiger partial charge in [-0.3, -0.25) is 9.59 Å². The third kappa shape index (κ3) is 6.23. The summed E-state index contributed by atoms with van der Waals surface area (Å²) < 4.78 is 15.9. The first-order chi connectivity index (χ1) is 15.4. The van der Waals surface area contributed by atoms with E-state index in [0.29, 0.717) is 22.1 Å². The summed E-state index contributed by atoms with van der Waals surface area (Å²) in [6.07, 6.45) is 1.95. The molecule has 0 atom stereocenters. The zero-order chi connectivity index (χ0) is 23.1. The van der Waals surface area contributed by atoms with Gasteiger partial charge in [-0.15, -0.1) is 11.3 Å². The van der Waals surface area contributed by atoms with Gasteiger partial charge in [0, 0.05) is 23.9 Å². The van der Waals surface area contributed by atoms with E-state index in [2.05, 4.69) is 5.32 Å². The van der Waals surface area contributed by atoms with Crippen LogP contribution in [-0.4, -0.2) is 55.6 Å². The van der Waals surface area contributed by atoms with Gasteiger partial charge in [0.25, 0.3) is 5.91 Å². The topological polar surface area (TPSA) is 94.2 Å². The average Bonchev–Trinajstić information content (AvgIpc) is 3.54. The Labute approximate surface area is 191 Å². The van der Waals surface area contributed by atoms with Gasteiger partial charge < -0.3 is 24.4 Å². The molecule has 0 unspecified atom stereocenters. The van der Waals surface area contributed by atoms with Gasteiger partial charge in [-0.2, -0.15) is 0 Å². The Morgan fingerprint density at radius 2 is 1.91 bits per heavy atom. The van der Waals surface area contributed by atoms with Gasteiger partial charge in [-0.25, -0.2) is 4.79 Å². The number of para-hydroxylation sites is 2. The Morgan fingerprint density at radius 1 is 1.19 bits per heavy atom. The van der Waals surface area contributed by atoms with Gasteiger partial charge in [0.15, 0.2) is 18.1 Å². The van der Waals surface area contributed by atoms with Gasteiger partial charge in [0.2, 0.25) is 5.91 Å². The molecule has 0 bridgehead atoms. The second-order valence-electron chi connectivity index (χ2n) is 7.38. The second-order valence-corrected chi connectivity index (χ2v) is 8.63. The molecule has 2 aromatic rings. The van der Waals surface area contributed by atoms with Crippen molar-refractivity contribution in [2.75, 3.05) is 32.2 Å². The van der Waals surface area contributed by atoms with Gasteiger partial charge in [-0.1, -0.05) is 12.1 Å². The molecular weight excluding hydrogens is 432 g/mol. The Balaban J connectivity index is 1.55. The first-order valence-electron chi connectivity index (χ1n) is 10.6. The highest BCUT2D eigenvalue weighted by atomic mass is 32.1. The van der Waals surface area contributed by atoms with E-state index in [-0.39, 0.29) is 44.0 Å². The van der Waals surface area contributed by atoms with Crippen molar-refractivity contribution in [1.82, 2.24) is 4.90 Å². The number of nitrogens with one attached hydrogen (secondary N) is 1. The molecule has 1 N–H and O–H groups in total. The van der Waals surface area contributed by atoms with Crippen molar-refractivity contribution < 1.29 is 28.6 Å². The number of thiophene rings is 1. The summed E-state index contributed by atoms with van der Waals surface area (Å²) >= 11 is 1.32. The molecule has 1 heterocycles. The fourth-order valence-corrected chi connectivity index (χ4v) is 4.15. The third-order valence-corrected chi connectivity index (χ3v) is 5.88. The van der Waals surface area contributed by atoms with Gasteiger partial charge >= 0.3 is 5.97 Å². The molecule has 2 amide bonds. The van der Waals surface area contributed by atoms with Crippen LogP contribution in [0.25, 0.3) is 0 Å². The number of esters is 1. The Bertz CT molecular complexity index is 969. The lowest BCUT2D eigenvalue weighted by Crippen LogP contribution is -2.38. The number of rotatable bonds is 11. The normalized spacial score (nSPS) is 12.7. The predicted octanol–water partition coefficient (Wildman–Crippen LogP) is 3.64. The molecule has 172 valence electrons. The van der Waals surface area contributed by atoms with E-state index in [4.69, 9.17) is 14.2 Å². The summed E-state index contributed by atoms with van der Waals surface area (Å²) in [5.41, 5.74) is 0.350. The maximum atomic E-state index is 12.8. The molecule has 1 aromatic carbocycles. The lowest BCUT2D eigenvalue weighted by molar-refractivity contribution is -0.134. The molecule has 0 radical (unpaired) electrons. The van der Waals surface area contributed by atoms with E-state index in [9.17, 15) is 14.4 Å². The van der Waals surface area contributed by atoms with Gasteiger partial charge in [0.05, 0.1) is 19.3 Å². The number of hydrogen-bond acceptors (Lipinski definition) is 7. The standard InChI is InChI=1S/C23H28N2O6S/c1-4-30-23(28)17-13-15(2)32-22(17)24-20(26)11-12-25(16-9-10-16)21(27)14-31-19-8-6-5-7-18(19)29-3/h5-8,13,16H,4,9-12,14H2,1-3H3,(H,24,26). The number of carbonyl (C=O) groups is 3. The van der Waals surface area contributed by atoms with Crippen molar-refractivity contribution in [3.63, 3.8) is 0 Å².